The van der Waals surface area contributed by atoms with Crippen LogP contribution in [0.2, 0.25) is 0 Å². The van der Waals surface area contributed by atoms with E-state index >= 15 is 0 Å². The summed E-state index contributed by atoms with van der Waals surface area (Å²) in [6, 6.07) is 7.20. The van der Waals surface area contributed by atoms with E-state index in [0.717, 1.165) is 11.1 Å². The SMILES string of the molecule is N#CCc1ccc2c(c1)CCS2(=O)=O. The van der Waals surface area contributed by atoms with Gasteiger partial charge in [0.2, 0.25) is 0 Å². The van der Waals surface area contributed by atoms with Crippen molar-refractivity contribution in [3.05, 3.63) is 29.3 Å². The van der Waals surface area contributed by atoms with Crippen molar-refractivity contribution >= 4 is 9.84 Å². The van der Waals surface area contributed by atoms with Crippen LogP contribution in [0.4, 0.5) is 0 Å². The average molecular weight is 207 g/mol. The molecule has 0 atom stereocenters. The lowest BCUT2D eigenvalue weighted by molar-refractivity contribution is 0.600. The van der Waals surface area contributed by atoms with Gasteiger partial charge < -0.3 is 0 Å². The van der Waals surface area contributed by atoms with Gasteiger partial charge in [0.25, 0.3) is 0 Å². The zero-order valence-electron chi connectivity index (χ0n) is 7.53. The van der Waals surface area contributed by atoms with Crippen molar-refractivity contribution in [2.75, 3.05) is 5.75 Å². The van der Waals surface area contributed by atoms with Crippen molar-refractivity contribution in [1.29, 1.82) is 5.26 Å². The molecule has 0 aliphatic carbocycles. The fourth-order valence-corrected chi connectivity index (χ4v) is 3.23. The summed E-state index contributed by atoms with van der Waals surface area (Å²) < 4.78 is 22.9. The molecule has 72 valence electrons. The van der Waals surface area contributed by atoms with E-state index in [1.807, 2.05) is 12.1 Å². The number of fused-ring (bicyclic) bond motifs is 1. The number of nitrogens with zero attached hydrogens (tertiary/aromatic N) is 1. The minimum atomic E-state index is -3.02. The van der Waals surface area contributed by atoms with E-state index in [2.05, 4.69) is 0 Å². The number of hydrogen-bond acceptors (Lipinski definition) is 3. The Balaban J connectivity index is 2.51. The summed E-state index contributed by atoms with van der Waals surface area (Å²) in [6.45, 7) is 0. The van der Waals surface area contributed by atoms with Crippen molar-refractivity contribution < 1.29 is 8.42 Å². The van der Waals surface area contributed by atoms with Gasteiger partial charge in [-0.25, -0.2) is 8.42 Å². The molecule has 0 bridgehead atoms. The summed E-state index contributed by atoms with van der Waals surface area (Å²) in [5.41, 5.74) is 1.75. The van der Waals surface area contributed by atoms with Crippen LogP contribution < -0.4 is 0 Å². The summed E-state index contributed by atoms with van der Waals surface area (Å²) in [6.07, 6.45) is 0.921. The first-order valence-electron chi connectivity index (χ1n) is 4.35. The Morgan fingerprint density at radius 3 is 2.93 bits per heavy atom. The topological polar surface area (TPSA) is 57.9 Å². The third kappa shape index (κ3) is 1.40. The largest absolute Gasteiger partial charge is 0.224 e. The van der Waals surface area contributed by atoms with Crippen LogP contribution in [0.25, 0.3) is 0 Å². The van der Waals surface area contributed by atoms with E-state index in [4.69, 9.17) is 5.26 Å². The Morgan fingerprint density at radius 1 is 1.43 bits per heavy atom. The summed E-state index contributed by atoms with van der Waals surface area (Å²) >= 11 is 0. The second-order valence-corrected chi connectivity index (χ2v) is 5.42. The molecule has 0 saturated carbocycles. The van der Waals surface area contributed by atoms with Crippen molar-refractivity contribution in [2.45, 2.75) is 17.7 Å². The normalized spacial score (nSPS) is 17.4. The maximum absolute atomic E-state index is 11.5. The Bertz CT molecular complexity index is 511. The fraction of sp³-hybridized carbons (Fsp3) is 0.300. The zero-order chi connectivity index (χ0) is 10.2. The van der Waals surface area contributed by atoms with Crippen LogP contribution in [0, 0.1) is 11.3 Å². The van der Waals surface area contributed by atoms with Crippen LogP contribution in [0.3, 0.4) is 0 Å². The molecular weight excluding hydrogens is 198 g/mol. The first-order chi connectivity index (χ1) is 6.63. The van der Waals surface area contributed by atoms with Crippen LogP contribution >= 0.6 is 0 Å². The average Bonchev–Trinajstić information content (AvgIpc) is 2.43. The molecule has 1 aliphatic rings. The molecule has 0 unspecified atom stereocenters. The van der Waals surface area contributed by atoms with Gasteiger partial charge in [-0.1, -0.05) is 12.1 Å². The monoisotopic (exact) mass is 207 g/mol. The first-order valence-corrected chi connectivity index (χ1v) is 6.00. The minimum Gasteiger partial charge on any atom is -0.224 e. The maximum atomic E-state index is 11.5. The highest BCUT2D eigenvalue weighted by Gasteiger charge is 2.25. The van der Waals surface area contributed by atoms with E-state index in [1.165, 1.54) is 0 Å². The highest BCUT2D eigenvalue weighted by atomic mass is 32.2. The number of nitriles is 1. The lowest BCUT2D eigenvalue weighted by Crippen LogP contribution is -1.98. The van der Waals surface area contributed by atoms with Gasteiger partial charge in [0.05, 0.1) is 23.1 Å². The summed E-state index contributed by atoms with van der Waals surface area (Å²) in [4.78, 5) is 0.444. The van der Waals surface area contributed by atoms with Gasteiger partial charge in [0.1, 0.15) is 0 Å². The minimum absolute atomic E-state index is 0.207. The van der Waals surface area contributed by atoms with E-state index in [1.54, 1.807) is 12.1 Å². The third-order valence-corrected chi connectivity index (χ3v) is 4.19. The van der Waals surface area contributed by atoms with Crippen molar-refractivity contribution in [1.82, 2.24) is 0 Å². The molecule has 1 aromatic carbocycles. The summed E-state index contributed by atoms with van der Waals surface area (Å²) in [5, 5.41) is 8.50. The second kappa shape index (κ2) is 3.10. The van der Waals surface area contributed by atoms with E-state index in [9.17, 15) is 8.42 Å². The van der Waals surface area contributed by atoms with Crippen molar-refractivity contribution in [3.8, 4) is 6.07 Å². The van der Waals surface area contributed by atoms with Crippen molar-refractivity contribution in [2.24, 2.45) is 0 Å². The molecule has 1 aliphatic heterocycles. The van der Waals surface area contributed by atoms with E-state index in [0.29, 0.717) is 17.7 Å². The molecule has 0 saturated heterocycles. The molecule has 0 aromatic heterocycles. The van der Waals surface area contributed by atoms with Gasteiger partial charge in [0.15, 0.2) is 9.84 Å². The molecule has 14 heavy (non-hydrogen) atoms. The van der Waals surface area contributed by atoms with Gasteiger partial charge in [0, 0.05) is 0 Å². The highest BCUT2D eigenvalue weighted by molar-refractivity contribution is 7.91. The lowest BCUT2D eigenvalue weighted by Gasteiger charge is -1.99. The van der Waals surface area contributed by atoms with Gasteiger partial charge in [-0.05, 0) is 23.6 Å². The molecule has 0 radical (unpaired) electrons. The lowest BCUT2D eigenvalue weighted by atomic mass is 10.1. The number of sulfone groups is 1. The molecule has 4 heteroatoms. The van der Waals surface area contributed by atoms with Gasteiger partial charge in [-0.2, -0.15) is 5.26 Å². The van der Waals surface area contributed by atoms with Crippen molar-refractivity contribution in [3.63, 3.8) is 0 Å². The quantitative estimate of drug-likeness (QED) is 0.692. The molecule has 1 aromatic rings. The zero-order valence-corrected chi connectivity index (χ0v) is 8.34. The van der Waals surface area contributed by atoms with Crippen LogP contribution in [0.1, 0.15) is 11.1 Å². The first kappa shape index (κ1) is 9.22. The number of benzene rings is 1. The molecule has 1 heterocycles. The van der Waals surface area contributed by atoms with Crippen LogP contribution in [0.5, 0.6) is 0 Å². The van der Waals surface area contributed by atoms with E-state index < -0.39 is 9.84 Å². The molecule has 0 spiro atoms. The Morgan fingerprint density at radius 2 is 2.21 bits per heavy atom. The predicted octanol–water partition coefficient (Wildman–Crippen LogP) is 1.08. The van der Waals surface area contributed by atoms with Gasteiger partial charge in [-0.3, -0.25) is 0 Å². The predicted molar refractivity (Wildman–Crippen MR) is 51.5 cm³/mol. The molecule has 0 amide bonds. The molecule has 2 rings (SSSR count). The summed E-state index contributed by atoms with van der Waals surface area (Å²) in [7, 11) is -3.02. The second-order valence-electron chi connectivity index (χ2n) is 3.35. The smallest absolute Gasteiger partial charge is 0.178 e. The summed E-state index contributed by atoms with van der Waals surface area (Å²) in [5.74, 6) is 0.207. The standard InChI is InChI=1S/C10H9NO2S/c11-5-3-8-1-2-10-9(7-8)4-6-14(10,12)13/h1-2,7H,3-4,6H2. The highest BCUT2D eigenvalue weighted by Crippen LogP contribution is 2.26. The number of aryl methyl sites for hydroxylation is 1. The molecule has 0 N–H and O–H groups in total. The van der Waals surface area contributed by atoms with Gasteiger partial charge in [-0.15, -0.1) is 0 Å². The van der Waals surface area contributed by atoms with Gasteiger partial charge >= 0.3 is 0 Å². The van der Waals surface area contributed by atoms with Crippen LogP contribution in [-0.2, 0) is 22.7 Å². The van der Waals surface area contributed by atoms with E-state index in [-0.39, 0.29) is 5.75 Å². The maximum Gasteiger partial charge on any atom is 0.178 e. The number of hydrogen-bond donors (Lipinski definition) is 0. The number of rotatable bonds is 1. The molecule has 0 fully saturated rings. The van der Waals surface area contributed by atoms with Crippen LogP contribution in [0.15, 0.2) is 23.1 Å². The molecule has 3 nitrogen and oxygen atoms in total. The third-order valence-electron chi connectivity index (χ3n) is 2.38. The Hall–Kier alpha value is -1.34. The van der Waals surface area contributed by atoms with Crippen LogP contribution in [-0.4, -0.2) is 14.2 Å². The molecular formula is C10H9NO2S. The fourth-order valence-electron chi connectivity index (χ4n) is 1.69. The Labute approximate surface area is 82.9 Å². The Kier molecular flexibility index (Phi) is 2.05.